The number of nitrogens with zero attached hydrogens (tertiary/aromatic N) is 1. The van der Waals surface area contributed by atoms with Crippen molar-refractivity contribution in [2.45, 2.75) is 6.92 Å². The van der Waals surface area contributed by atoms with Gasteiger partial charge >= 0.3 is 0 Å². The number of hydrogen-bond donors (Lipinski definition) is 1. The molecule has 0 aliphatic carbocycles. The zero-order chi connectivity index (χ0) is 10.6. The summed E-state index contributed by atoms with van der Waals surface area (Å²) in [5, 5.41) is 11.2. The lowest BCUT2D eigenvalue weighted by Crippen LogP contribution is -2.08. The number of anilines is 1. The van der Waals surface area contributed by atoms with Gasteiger partial charge in [-0.2, -0.15) is 5.26 Å². The lowest BCUT2D eigenvalue weighted by Gasteiger charge is -2.02. The van der Waals surface area contributed by atoms with Gasteiger partial charge in [-0.15, -0.1) is 6.42 Å². The molecule has 0 unspecified atom stereocenters. The normalized spacial score (nSPS) is 8.50. The van der Waals surface area contributed by atoms with Crippen molar-refractivity contribution in [2.24, 2.45) is 0 Å². The third-order valence-corrected chi connectivity index (χ3v) is 1.60. The first kappa shape index (κ1) is 9.83. The van der Waals surface area contributed by atoms with Gasteiger partial charge in [0.2, 0.25) is 0 Å². The second-order valence-corrected chi connectivity index (χ2v) is 2.80. The van der Waals surface area contributed by atoms with E-state index in [1.54, 1.807) is 18.2 Å². The molecule has 1 rings (SSSR count). The van der Waals surface area contributed by atoms with Gasteiger partial charge < -0.3 is 5.32 Å². The molecule has 1 aromatic rings. The highest BCUT2D eigenvalue weighted by atomic mass is 16.1. The van der Waals surface area contributed by atoms with Gasteiger partial charge in [0.05, 0.1) is 11.6 Å². The molecule has 0 spiro atoms. The predicted molar refractivity (Wildman–Crippen MR) is 53.4 cm³/mol. The van der Waals surface area contributed by atoms with Crippen LogP contribution in [-0.4, -0.2) is 5.91 Å². The number of carbonyl (C=O) groups excluding carboxylic acids is 1. The van der Waals surface area contributed by atoms with Crippen LogP contribution in [0.5, 0.6) is 0 Å². The van der Waals surface area contributed by atoms with E-state index in [0.29, 0.717) is 11.3 Å². The van der Waals surface area contributed by atoms with Crippen LogP contribution in [0.15, 0.2) is 18.2 Å². The summed E-state index contributed by atoms with van der Waals surface area (Å²) in [6.45, 7) is 1.84. The van der Waals surface area contributed by atoms with Crippen LogP contribution in [0.3, 0.4) is 0 Å². The van der Waals surface area contributed by atoms with Crippen LogP contribution in [0, 0.1) is 30.6 Å². The summed E-state index contributed by atoms with van der Waals surface area (Å²) in [7, 11) is 0. The maximum Gasteiger partial charge on any atom is 0.300 e. The van der Waals surface area contributed by atoms with Gasteiger partial charge in [-0.25, -0.2) is 0 Å². The molecule has 0 radical (unpaired) electrons. The SMILES string of the molecule is C#CC(=O)Nc1cc(C)cc(C#N)c1. The van der Waals surface area contributed by atoms with Crippen LogP contribution in [0.2, 0.25) is 0 Å². The largest absolute Gasteiger partial charge is 0.315 e. The van der Waals surface area contributed by atoms with Gasteiger partial charge in [-0.1, -0.05) is 0 Å². The highest BCUT2D eigenvalue weighted by Crippen LogP contribution is 2.13. The standard InChI is InChI=1S/C11H8N2O/c1-3-11(14)13-10-5-8(2)4-9(6-10)7-12/h1,4-6H,2H3,(H,13,14). The highest BCUT2D eigenvalue weighted by molar-refractivity contribution is 6.03. The van der Waals surface area contributed by atoms with Crippen LogP contribution in [-0.2, 0) is 4.79 Å². The Morgan fingerprint density at radius 1 is 1.50 bits per heavy atom. The van der Waals surface area contributed by atoms with Crippen LogP contribution in [0.4, 0.5) is 5.69 Å². The average molecular weight is 184 g/mol. The van der Waals surface area contributed by atoms with E-state index in [1.807, 2.05) is 18.9 Å². The molecule has 3 nitrogen and oxygen atoms in total. The van der Waals surface area contributed by atoms with Crippen LogP contribution in [0.1, 0.15) is 11.1 Å². The molecule has 0 aliphatic heterocycles. The summed E-state index contributed by atoms with van der Waals surface area (Å²) < 4.78 is 0. The summed E-state index contributed by atoms with van der Waals surface area (Å²) in [6, 6.07) is 7.04. The summed E-state index contributed by atoms with van der Waals surface area (Å²) >= 11 is 0. The summed E-state index contributed by atoms with van der Waals surface area (Å²) in [6.07, 6.45) is 4.90. The van der Waals surface area contributed by atoms with E-state index in [2.05, 4.69) is 5.32 Å². The van der Waals surface area contributed by atoms with E-state index in [-0.39, 0.29) is 0 Å². The lowest BCUT2D eigenvalue weighted by atomic mass is 10.1. The Morgan fingerprint density at radius 3 is 2.79 bits per heavy atom. The van der Waals surface area contributed by atoms with Gasteiger partial charge in [0.25, 0.3) is 5.91 Å². The Morgan fingerprint density at radius 2 is 2.21 bits per heavy atom. The van der Waals surface area contributed by atoms with E-state index in [4.69, 9.17) is 11.7 Å². The van der Waals surface area contributed by atoms with Crippen molar-refractivity contribution in [3.8, 4) is 18.4 Å². The Labute approximate surface area is 82.4 Å². The van der Waals surface area contributed by atoms with Crippen molar-refractivity contribution in [3.05, 3.63) is 29.3 Å². The number of aryl methyl sites for hydroxylation is 1. The molecular formula is C11H8N2O. The van der Waals surface area contributed by atoms with Crippen molar-refractivity contribution in [1.82, 2.24) is 0 Å². The van der Waals surface area contributed by atoms with E-state index >= 15 is 0 Å². The van der Waals surface area contributed by atoms with Crippen molar-refractivity contribution in [2.75, 3.05) is 5.32 Å². The lowest BCUT2D eigenvalue weighted by molar-refractivity contribution is -0.111. The molecule has 0 fully saturated rings. The van der Waals surface area contributed by atoms with Crippen LogP contribution in [0.25, 0.3) is 0 Å². The first-order chi connectivity index (χ1) is 6.65. The smallest absolute Gasteiger partial charge is 0.300 e. The molecule has 3 heteroatoms. The van der Waals surface area contributed by atoms with E-state index in [9.17, 15) is 4.79 Å². The fraction of sp³-hybridized carbons (Fsp3) is 0.0909. The number of nitrogens with one attached hydrogen (secondary N) is 1. The van der Waals surface area contributed by atoms with Crippen molar-refractivity contribution < 1.29 is 4.79 Å². The van der Waals surface area contributed by atoms with Gasteiger partial charge in [0.1, 0.15) is 0 Å². The van der Waals surface area contributed by atoms with Gasteiger partial charge in [0.15, 0.2) is 0 Å². The van der Waals surface area contributed by atoms with E-state index in [0.717, 1.165) is 5.56 Å². The maximum atomic E-state index is 10.9. The number of amides is 1. The highest BCUT2D eigenvalue weighted by Gasteiger charge is 2.00. The third-order valence-electron chi connectivity index (χ3n) is 1.60. The van der Waals surface area contributed by atoms with Crippen LogP contribution < -0.4 is 5.32 Å². The monoisotopic (exact) mass is 184 g/mol. The molecule has 0 saturated carbocycles. The molecule has 0 saturated heterocycles. The molecule has 0 aromatic heterocycles. The average Bonchev–Trinajstić information content (AvgIpc) is 2.16. The zero-order valence-electron chi connectivity index (χ0n) is 7.66. The Kier molecular flexibility index (Phi) is 2.89. The fourth-order valence-corrected chi connectivity index (χ4v) is 1.09. The van der Waals surface area contributed by atoms with Crippen molar-refractivity contribution >= 4 is 11.6 Å². The topological polar surface area (TPSA) is 52.9 Å². The van der Waals surface area contributed by atoms with Crippen LogP contribution >= 0.6 is 0 Å². The maximum absolute atomic E-state index is 10.9. The molecular weight excluding hydrogens is 176 g/mol. The molecule has 0 bridgehead atoms. The molecule has 0 aliphatic rings. The molecule has 68 valence electrons. The zero-order valence-corrected chi connectivity index (χ0v) is 7.66. The molecule has 1 N–H and O–H groups in total. The minimum absolute atomic E-state index is 0.498. The van der Waals surface area contributed by atoms with E-state index in [1.165, 1.54) is 0 Å². The number of rotatable bonds is 1. The van der Waals surface area contributed by atoms with Gasteiger partial charge in [-0.3, -0.25) is 4.79 Å². The first-order valence-electron chi connectivity index (χ1n) is 3.95. The van der Waals surface area contributed by atoms with Gasteiger partial charge in [-0.05, 0) is 36.6 Å². The second-order valence-electron chi connectivity index (χ2n) is 2.80. The first-order valence-corrected chi connectivity index (χ1v) is 3.95. The summed E-state index contributed by atoms with van der Waals surface area (Å²) in [4.78, 5) is 10.9. The summed E-state index contributed by atoms with van der Waals surface area (Å²) in [5.74, 6) is 1.42. The number of terminal acetylenes is 1. The molecule has 1 aromatic carbocycles. The minimum Gasteiger partial charge on any atom is -0.315 e. The Hall–Kier alpha value is -2.26. The number of hydrogen-bond acceptors (Lipinski definition) is 2. The number of benzene rings is 1. The van der Waals surface area contributed by atoms with E-state index < -0.39 is 5.91 Å². The second kappa shape index (κ2) is 4.11. The molecule has 0 atom stereocenters. The predicted octanol–water partition coefficient (Wildman–Crippen LogP) is 1.44. The summed E-state index contributed by atoms with van der Waals surface area (Å²) in [5.41, 5.74) is 1.94. The van der Waals surface area contributed by atoms with Gasteiger partial charge in [0, 0.05) is 5.69 Å². The number of carbonyl (C=O) groups is 1. The minimum atomic E-state index is -0.514. The number of nitriles is 1. The molecule has 0 heterocycles. The molecule has 14 heavy (non-hydrogen) atoms. The van der Waals surface area contributed by atoms with Crippen molar-refractivity contribution in [3.63, 3.8) is 0 Å². The molecule has 1 amide bonds. The quantitative estimate of drug-likeness (QED) is 0.671. The fourth-order valence-electron chi connectivity index (χ4n) is 1.09. The Bertz CT molecular complexity index is 449. The Balaban J connectivity index is 3.01. The third kappa shape index (κ3) is 2.36. The van der Waals surface area contributed by atoms with Crippen molar-refractivity contribution in [1.29, 1.82) is 5.26 Å².